The molecule has 2 heterocycles. The molecule has 0 amide bonds. The van der Waals surface area contributed by atoms with Crippen molar-refractivity contribution in [1.82, 2.24) is 9.78 Å². The second-order valence-electron chi connectivity index (χ2n) is 4.47. The van der Waals surface area contributed by atoms with Crippen molar-refractivity contribution in [1.29, 1.82) is 0 Å². The molecule has 0 spiro atoms. The Hall–Kier alpha value is -1.35. The van der Waals surface area contributed by atoms with E-state index in [-0.39, 0.29) is 6.23 Å². The van der Waals surface area contributed by atoms with E-state index in [9.17, 15) is 0 Å². The van der Waals surface area contributed by atoms with Crippen molar-refractivity contribution in [3.05, 3.63) is 30.0 Å². The van der Waals surface area contributed by atoms with Gasteiger partial charge in [-0.1, -0.05) is 11.6 Å². The summed E-state index contributed by atoms with van der Waals surface area (Å²) in [5.41, 5.74) is 2.45. The normalized spacial score (nSPS) is 21.4. The van der Waals surface area contributed by atoms with Gasteiger partial charge in [0.25, 0.3) is 0 Å². The van der Waals surface area contributed by atoms with Crippen molar-refractivity contribution in [3.8, 4) is 0 Å². The molecule has 1 atom stereocenters. The second-order valence-corrected chi connectivity index (χ2v) is 4.47. The molecule has 1 aliphatic rings. The lowest BCUT2D eigenvalue weighted by Gasteiger charge is -2.23. The van der Waals surface area contributed by atoms with E-state index in [0.29, 0.717) is 0 Å². The average molecular weight is 216 g/mol. The van der Waals surface area contributed by atoms with E-state index in [1.54, 1.807) is 0 Å². The third kappa shape index (κ3) is 1.61. The summed E-state index contributed by atoms with van der Waals surface area (Å²) < 4.78 is 7.78. The topological polar surface area (TPSA) is 27.1 Å². The molecule has 3 heteroatoms. The van der Waals surface area contributed by atoms with Crippen LogP contribution in [-0.4, -0.2) is 16.4 Å². The van der Waals surface area contributed by atoms with Gasteiger partial charge < -0.3 is 4.74 Å². The van der Waals surface area contributed by atoms with E-state index in [2.05, 4.69) is 30.2 Å². The molecule has 0 N–H and O–H groups in total. The minimum Gasteiger partial charge on any atom is -0.356 e. The summed E-state index contributed by atoms with van der Waals surface area (Å²) in [4.78, 5) is 0. The average Bonchev–Trinajstić information content (AvgIpc) is 2.73. The predicted octanol–water partition coefficient (Wildman–Crippen LogP) is 3.04. The fourth-order valence-electron chi connectivity index (χ4n) is 2.32. The van der Waals surface area contributed by atoms with E-state index in [1.807, 2.05) is 10.9 Å². The van der Waals surface area contributed by atoms with E-state index in [0.717, 1.165) is 13.0 Å². The number of aromatic nitrogens is 2. The third-order valence-corrected chi connectivity index (χ3v) is 3.18. The van der Waals surface area contributed by atoms with Gasteiger partial charge in [0, 0.05) is 12.0 Å². The Labute approximate surface area is 95.0 Å². The molecule has 84 valence electrons. The number of fused-ring (bicyclic) bond motifs is 1. The molecule has 3 nitrogen and oxygen atoms in total. The number of hydrogen-bond acceptors (Lipinski definition) is 2. The molecule has 0 radical (unpaired) electrons. The molecule has 1 aliphatic heterocycles. The summed E-state index contributed by atoms with van der Waals surface area (Å²) in [5, 5.41) is 5.65. The Morgan fingerprint density at radius 2 is 2.31 bits per heavy atom. The monoisotopic (exact) mass is 216 g/mol. The second kappa shape index (κ2) is 3.91. The number of benzene rings is 1. The Morgan fingerprint density at radius 3 is 3.12 bits per heavy atom. The van der Waals surface area contributed by atoms with Crippen LogP contribution in [0.5, 0.6) is 0 Å². The molecule has 3 rings (SSSR count). The molecule has 1 unspecified atom stereocenters. The maximum absolute atomic E-state index is 5.76. The number of ether oxygens (including phenoxy) is 1. The van der Waals surface area contributed by atoms with E-state index < -0.39 is 0 Å². The summed E-state index contributed by atoms with van der Waals surface area (Å²) in [6.45, 7) is 2.96. The zero-order valence-electron chi connectivity index (χ0n) is 9.52. The number of aryl methyl sites for hydroxylation is 1. The molecule has 1 aromatic heterocycles. The van der Waals surface area contributed by atoms with E-state index in [1.165, 1.54) is 29.3 Å². The van der Waals surface area contributed by atoms with Crippen molar-refractivity contribution >= 4 is 10.9 Å². The lowest BCUT2D eigenvalue weighted by Crippen LogP contribution is -2.18. The first kappa shape index (κ1) is 9.85. The summed E-state index contributed by atoms with van der Waals surface area (Å²) >= 11 is 0. The largest absolute Gasteiger partial charge is 0.356 e. The number of rotatable bonds is 1. The molecule has 1 aromatic carbocycles. The highest BCUT2D eigenvalue weighted by Gasteiger charge is 2.18. The molecular weight excluding hydrogens is 200 g/mol. The van der Waals surface area contributed by atoms with Gasteiger partial charge in [-0.3, -0.25) is 0 Å². The molecule has 1 saturated heterocycles. The summed E-state index contributed by atoms with van der Waals surface area (Å²) in [6, 6.07) is 6.43. The Kier molecular flexibility index (Phi) is 2.40. The zero-order chi connectivity index (χ0) is 11.0. The maximum Gasteiger partial charge on any atom is 0.150 e. The first-order chi connectivity index (χ1) is 7.84. The van der Waals surface area contributed by atoms with Crippen LogP contribution in [0.15, 0.2) is 24.4 Å². The van der Waals surface area contributed by atoms with Crippen molar-refractivity contribution in [2.24, 2.45) is 0 Å². The van der Waals surface area contributed by atoms with Crippen molar-refractivity contribution in [2.75, 3.05) is 6.61 Å². The van der Waals surface area contributed by atoms with Crippen LogP contribution in [0, 0.1) is 6.92 Å². The first-order valence-electron chi connectivity index (χ1n) is 5.90. The van der Waals surface area contributed by atoms with Crippen LogP contribution in [0.1, 0.15) is 31.1 Å². The van der Waals surface area contributed by atoms with Gasteiger partial charge in [0.05, 0.1) is 11.7 Å². The predicted molar refractivity (Wildman–Crippen MR) is 63.3 cm³/mol. The fraction of sp³-hybridized carbons (Fsp3) is 0.462. The summed E-state index contributed by atoms with van der Waals surface area (Å²) in [7, 11) is 0. The molecule has 0 aliphatic carbocycles. The smallest absolute Gasteiger partial charge is 0.150 e. The van der Waals surface area contributed by atoms with Crippen LogP contribution >= 0.6 is 0 Å². The highest BCUT2D eigenvalue weighted by molar-refractivity contribution is 5.79. The summed E-state index contributed by atoms with van der Waals surface area (Å²) in [6.07, 6.45) is 5.55. The van der Waals surface area contributed by atoms with Crippen LogP contribution in [0.2, 0.25) is 0 Å². The van der Waals surface area contributed by atoms with E-state index in [4.69, 9.17) is 4.74 Å². The molecule has 0 saturated carbocycles. The third-order valence-electron chi connectivity index (χ3n) is 3.18. The Morgan fingerprint density at radius 1 is 1.38 bits per heavy atom. The van der Waals surface area contributed by atoms with Gasteiger partial charge in [-0.05, 0) is 38.3 Å². The number of hydrogen-bond donors (Lipinski definition) is 0. The minimum absolute atomic E-state index is 0.133. The fourth-order valence-corrected chi connectivity index (χ4v) is 2.32. The summed E-state index contributed by atoms with van der Waals surface area (Å²) in [5.74, 6) is 0. The van der Waals surface area contributed by atoms with Crippen LogP contribution in [0.4, 0.5) is 0 Å². The lowest BCUT2D eigenvalue weighted by atomic mass is 10.1. The van der Waals surface area contributed by atoms with Gasteiger partial charge >= 0.3 is 0 Å². The Balaban J connectivity index is 2.03. The standard InChI is InChI=1S/C13H16N2O/c1-10-5-6-12-11(8-10)9-14-15(12)13-4-2-3-7-16-13/h5-6,8-9,13H,2-4,7H2,1H3. The molecular formula is C13H16N2O. The van der Waals surface area contributed by atoms with E-state index >= 15 is 0 Å². The lowest BCUT2D eigenvalue weighted by molar-refractivity contribution is -0.0366. The van der Waals surface area contributed by atoms with Crippen molar-refractivity contribution < 1.29 is 4.74 Å². The SMILES string of the molecule is Cc1ccc2c(cnn2C2CCCCO2)c1. The highest BCUT2D eigenvalue weighted by atomic mass is 16.5. The highest BCUT2D eigenvalue weighted by Crippen LogP contribution is 2.26. The van der Waals surface area contributed by atoms with Gasteiger partial charge in [0.2, 0.25) is 0 Å². The molecule has 16 heavy (non-hydrogen) atoms. The van der Waals surface area contributed by atoms with Gasteiger partial charge in [-0.2, -0.15) is 5.10 Å². The zero-order valence-corrected chi connectivity index (χ0v) is 9.52. The van der Waals surface area contributed by atoms with Gasteiger partial charge in [0.15, 0.2) is 6.23 Å². The van der Waals surface area contributed by atoms with Gasteiger partial charge in [-0.25, -0.2) is 4.68 Å². The molecule has 0 bridgehead atoms. The minimum atomic E-state index is 0.133. The van der Waals surface area contributed by atoms with Crippen molar-refractivity contribution in [2.45, 2.75) is 32.4 Å². The maximum atomic E-state index is 5.76. The quantitative estimate of drug-likeness (QED) is 0.732. The van der Waals surface area contributed by atoms with Crippen molar-refractivity contribution in [3.63, 3.8) is 0 Å². The molecule has 1 fully saturated rings. The van der Waals surface area contributed by atoms with Crippen LogP contribution in [-0.2, 0) is 4.74 Å². The number of nitrogens with zero attached hydrogens (tertiary/aromatic N) is 2. The molecule has 2 aromatic rings. The first-order valence-corrected chi connectivity index (χ1v) is 5.90. The van der Waals surface area contributed by atoms with Crippen LogP contribution < -0.4 is 0 Å². The van der Waals surface area contributed by atoms with Crippen LogP contribution in [0.3, 0.4) is 0 Å². The van der Waals surface area contributed by atoms with Gasteiger partial charge in [-0.15, -0.1) is 0 Å². The van der Waals surface area contributed by atoms with Crippen LogP contribution in [0.25, 0.3) is 10.9 Å². The van der Waals surface area contributed by atoms with Gasteiger partial charge in [0.1, 0.15) is 0 Å². The Bertz CT molecular complexity index is 498.